The molecule has 2 atom stereocenters. The third kappa shape index (κ3) is 2.92. The zero-order valence-corrected chi connectivity index (χ0v) is 13.3. The molecule has 1 aliphatic carbocycles. The third-order valence-electron chi connectivity index (χ3n) is 4.89. The van der Waals surface area contributed by atoms with Gasteiger partial charge in [-0.1, -0.05) is 36.2 Å². The molecule has 2 nitrogen and oxygen atoms in total. The molecule has 0 bridgehead atoms. The first kappa shape index (κ1) is 14.4. The van der Waals surface area contributed by atoms with Crippen molar-refractivity contribution in [2.75, 3.05) is 11.9 Å². The van der Waals surface area contributed by atoms with Gasteiger partial charge in [-0.05, 0) is 43.9 Å². The van der Waals surface area contributed by atoms with Crippen molar-refractivity contribution in [1.82, 2.24) is 4.90 Å². The molecule has 2 unspecified atom stereocenters. The monoisotopic (exact) mass is 315 g/mol. The minimum absolute atomic E-state index is 0.222. The number of hydrogen-bond donors (Lipinski definition) is 0. The molecule has 1 heterocycles. The van der Waals surface area contributed by atoms with E-state index in [2.05, 4.69) is 34.7 Å². The van der Waals surface area contributed by atoms with Crippen LogP contribution in [0.15, 0.2) is 0 Å². The summed E-state index contributed by atoms with van der Waals surface area (Å²) in [6.45, 7) is 5.54. The zero-order valence-electron chi connectivity index (χ0n) is 11.8. The first-order valence-electron chi connectivity index (χ1n) is 7.43. The molecule has 1 amide bonds. The van der Waals surface area contributed by atoms with Crippen LogP contribution in [0.3, 0.4) is 0 Å². The lowest BCUT2D eigenvalue weighted by Crippen LogP contribution is -2.42. The zero-order chi connectivity index (χ0) is 13.2. The van der Waals surface area contributed by atoms with Crippen LogP contribution in [-0.2, 0) is 4.79 Å². The van der Waals surface area contributed by atoms with Gasteiger partial charge in [0.2, 0.25) is 5.91 Å². The van der Waals surface area contributed by atoms with E-state index >= 15 is 0 Å². The summed E-state index contributed by atoms with van der Waals surface area (Å²) >= 11 is 3.49. The Labute approximate surface area is 120 Å². The van der Waals surface area contributed by atoms with Gasteiger partial charge in [-0.25, -0.2) is 0 Å². The molecule has 1 saturated heterocycles. The molecule has 2 aliphatic rings. The van der Waals surface area contributed by atoms with Crippen molar-refractivity contribution in [2.24, 2.45) is 11.3 Å². The molecule has 1 saturated carbocycles. The number of nitrogens with zero attached hydrogens (tertiary/aromatic N) is 1. The molecule has 2 rings (SSSR count). The summed E-state index contributed by atoms with van der Waals surface area (Å²) in [5.41, 5.74) is 0.222. The fourth-order valence-corrected chi connectivity index (χ4v) is 4.05. The smallest absolute Gasteiger partial charge is 0.226 e. The van der Waals surface area contributed by atoms with E-state index < -0.39 is 0 Å². The molecule has 1 aliphatic heterocycles. The number of halogens is 1. The molecule has 0 spiro atoms. The number of likely N-dealkylation sites (tertiary alicyclic amines) is 1. The summed E-state index contributed by atoms with van der Waals surface area (Å²) in [5, 5.41) is 1.06. The highest BCUT2D eigenvalue weighted by Gasteiger charge is 2.43. The Balaban J connectivity index is 1.99. The summed E-state index contributed by atoms with van der Waals surface area (Å²) in [6, 6.07) is 0.520. The van der Waals surface area contributed by atoms with Crippen molar-refractivity contribution in [3.05, 3.63) is 0 Å². The minimum Gasteiger partial charge on any atom is -0.339 e. The molecule has 0 radical (unpaired) electrons. The van der Waals surface area contributed by atoms with Crippen LogP contribution < -0.4 is 0 Å². The Kier molecular flexibility index (Phi) is 4.74. The molecule has 0 aromatic carbocycles. The van der Waals surface area contributed by atoms with Gasteiger partial charge in [-0.15, -0.1) is 0 Å². The number of amides is 1. The van der Waals surface area contributed by atoms with Crippen LogP contribution in [0.1, 0.15) is 58.8 Å². The molecule has 2 fully saturated rings. The average molecular weight is 316 g/mol. The van der Waals surface area contributed by atoms with Gasteiger partial charge in [-0.2, -0.15) is 0 Å². The van der Waals surface area contributed by atoms with Crippen molar-refractivity contribution < 1.29 is 4.79 Å². The van der Waals surface area contributed by atoms with Gasteiger partial charge in [0, 0.05) is 23.8 Å². The highest BCUT2D eigenvalue weighted by atomic mass is 79.9. The first-order valence-corrected chi connectivity index (χ1v) is 8.55. The van der Waals surface area contributed by atoms with E-state index in [0.717, 1.165) is 18.3 Å². The second kappa shape index (κ2) is 5.94. The minimum atomic E-state index is 0.222. The summed E-state index contributed by atoms with van der Waals surface area (Å²) < 4.78 is 0. The quantitative estimate of drug-likeness (QED) is 0.719. The maximum Gasteiger partial charge on any atom is 0.226 e. The van der Waals surface area contributed by atoms with Crippen molar-refractivity contribution in [1.29, 1.82) is 0 Å². The SMILES string of the molecule is CC1(C)CCCC1C(=O)N1CCCC1CCCBr. The van der Waals surface area contributed by atoms with Gasteiger partial charge in [0.25, 0.3) is 0 Å². The molecule has 0 aromatic heterocycles. The summed E-state index contributed by atoms with van der Waals surface area (Å²) in [5.74, 6) is 0.733. The molecule has 0 N–H and O–H groups in total. The van der Waals surface area contributed by atoms with Crippen LogP contribution in [0.25, 0.3) is 0 Å². The first-order chi connectivity index (χ1) is 8.56. The maximum atomic E-state index is 12.8. The normalized spacial score (nSPS) is 30.9. The second-order valence-corrected chi connectivity index (χ2v) is 7.39. The number of hydrogen-bond acceptors (Lipinski definition) is 1. The predicted molar refractivity (Wildman–Crippen MR) is 78.9 cm³/mol. The Hall–Kier alpha value is -0.0500. The van der Waals surface area contributed by atoms with Crippen LogP contribution in [0.2, 0.25) is 0 Å². The van der Waals surface area contributed by atoms with Gasteiger partial charge in [0.1, 0.15) is 0 Å². The predicted octanol–water partition coefficient (Wildman–Crippen LogP) is 3.98. The lowest BCUT2D eigenvalue weighted by molar-refractivity contribution is -0.139. The van der Waals surface area contributed by atoms with Gasteiger partial charge >= 0.3 is 0 Å². The molecular weight excluding hydrogens is 290 g/mol. The second-order valence-electron chi connectivity index (χ2n) is 6.59. The number of carbonyl (C=O) groups is 1. The van der Waals surface area contributed by atoms with Crippen LogP contribution >= 0.6 is 15.9 Å². The number of rotatable bonds is 4. The highest BCUT2D eigenvalue weighted by molar-refractivity contribution is 9.09. The Bertz CT molecular complexity index is 303. The lowest BCUT2D eigenvalue weighted by Gasteiger charge is -2.33. The number of carbonyl (C=O) groups excluding carboxylic acids is 1. The third-order valence-corrected chi connectivity index (χ3v) is 5.45. The van der Waals surface area contributed by atoms with Crippen molar-refractivity contribution in [3.63, 3.8) is 0 Å². The Morgan fingerprint density at radius 2 is 2.11 bits per heavy atom. The Morgan fingerprint density at radius 3 is 2.72 bits per heavy atom. The average Bonchev–Trinajstić information content (AvgIpc) is 2.91. The van der Waals surface area contributed by atoms with E-state index in [1.807, 2.05) is 0 Å². The summed E-state index contributed by atoms with van der Waals surface area (Å²) in [4.78, 5) is 15.0. The van der Waals surface area contributed by atoms with E-state index in [0.29, 0.717) is 11.9 Å². The fraction of sp³-hybridized carbons (Fsp3) is 0.933. The van der Waals surface area contributed by atoms with Gasteiger partial charge in [0.15, 0.2) is 0 Å². The largest absolute Gasteiger partial charge is 0.339 e. The fourth-order valence-electron chi connectivity index (χ4n) is 3.72. The van der Waals surface area contributed by atoms with Gasteiger partial charge in [0.05, 0.1) is 0 Å². The van der Waals surface area contributed by atoms with Crippen molar-refractivity contribution in [2.45, 2.75) is 64.8 Å². The molecule has 18 heavy (non-hydrogen) atoms. The van der Waals surface area contributed by atoms with E-state index in [-0.39, 0.29) is 11.3 Å². The topological polar surface area (TPSA) is 20.3 Å². The number of alkyl halides is 1. The van der Waals surface area contributed by atoms with E-state index in [1.165, 1.54) is 38.5 Å². The molecular formula is C15H26BrNO. The van der Waals surface area contributed by atoms with Gasteiger partial charge < -0.3 is 4.90 Å². The summed E-state index contributed by atoms with van der Waals surface area (Å²) in [6.07, 6.45) is 8.31. The summed E-state index contributed by atoms with van der Waals surface area (Å²) in [7, 11) is 0. The molecule has 3 heteroatoms. The standard InChI is InChI=1S/C15H26BrNO/c1-15(2)9-3-8-13(15)14(18)17-11-5-7-12(17)6-4-10-16/h12-13H,3-11H2,1-2H3. The molecule has 0 aromatic rings. The van der Waals surface area contributed by atoms with Crippen molar-refractivity contribution >= 4 is 21.8 Å². The van der Waals surface area contributed by atoms with E-state index in [9.17, 15) is 4.79 Å². The van der Waals surface area contributed by atoms with Crippen LogP contribution in [0, 0.1) is 11.3 Å². The molecule has 104 valence electrons. The highest BCUT2D eigenvalue weighted by Crippen LogP contribution is 2.44. The van der Waals surface area contributed by atoms with Crippen LogP contribution in [0.4, 0.5) is 0 Å². The Morgan fingerprint density at radius 1 is 1.33 bits per heavy atom. The van der Waals surface area contributed by atoms with Gasteiger partial charge in [-0.3, -0.25) is 4.79 Å². The lowest BCUT2D eigenvalue weighted by atomic mass is 9.81. The van der Waals surface area contributed by atoms with Crippen LogP contribution in [0.5, 0.6) is 0 Å². The maximum absolute atomic E-state index is 12.8. The van der Waals surface area contributed by atoms with E-state index in [1.54, 1.807) is 0 Å². The van der Waals surface area contributed by atoms with E-state index in [4.69, 9.17) is 0 Å². The van der Waals surface area contributed by atoms with Crippen LogP contribution in [-0.4, -0.2) is 28.7 Å². The van der Waals surface area contributed by atoms with Crippen molar-refractivity contribution in [3.8, 4) is 0 Å².